The number of ether oxygens (including phenoxy) is 2. The van der Waals surface area contributed by atoms with E-state index in [9.17, 15) is 5.26 Å². The molecule has 1 aromatic rings. The van der Waals surface area contributed by atoms with Crippen molar-refractivity contribution in [3.63, 3.8) is 0 Å². The third-order valence-electron chi connectivity index (χ3n) is 4.59. The zero-order chi connectivity index (χ0) is 16.8. The van der Waals surface area contributed by atoms with Crippen LogP contribution in [0.2, 0.25) is 0 Å². The average molecular weight is 331 g/mol. The first-order valence-electron chi connectivity index (χ1n) is 8.78. The van der Waals surface area contributed by atoms with E-state index < -0.39 is 0 Å². The summed E-state index contributed by atoms with van der Waals surface area (Å²) in [6, 6.07) is 2.72. The molecule has 1 saturated heterocycles. The van der Waals surface area contributed by atoms with Crippen LogP contribution in [0.4, 0.5) is 11.8 Å². The van der Waals surface area contributed by atoms with Crippen molar-refractivity contribution in [1.82, 2.24) is 9.97 Å². The molecule has 1 aromatic heterocycles. The van der Waals surface area contributed by atoms with E-state index in [4.69, 9.17) is 9.47 Å². The van der Waals surface area contributed by atoms with Crippen molar-refractivity contribution >= 4 is 11.8 Å². The summed E-state index contributed by atoms with van der Waals surface area (Å²) < 4.78 is 11.1. The quantitative estimate of drug-likeness (QED) is 0.826. The second kappa shape index (κ2) is 8.27. The summed E-state index contributed by atoms with van der Waals surface area (Å²) in [4.78, 5) is 8.80. The zero-order valence-corrected chi connectivity index (χ0v) is 14.1. The standard InChI is InChI=1S/C17H25N5O2/c1-2-24-15-5-3-13(4-6-15)21-17-19-10-12(9-18)16(22-17)20-14-7-8-23-11-14/h10,13-15H,2-8,11H2,1H3,(H2,19,20,21,22). The van der Waals surface area contributed by atoms with Gasteiger partial charge in [0.1, 0.15) is 17.5 Å². The zero-order valence-electron chi connectivity index (χ0n) is 14.1. The number of rotatable bonds is 6. The molecule has 1 aliphatic carbocycles. The lowest BCUT2D eigenvalue weighted by molar-refractivity contribution is 0.0346. The Kier molecular flexibility index (Phi) is 5.83. The number of aromatic nitrogens is 2. The van der Waals surface area contributed by atoms with E-state index in [0.29, 0.717) is 36.1 Å². The number of nitriles is 1. The summed E-state index contributed by atoms with van der Waals surface area (Å²) in [7, 11) is 0. The van der Waals surface area contributed by atoms with Crippen LogP contribution >= 0.6 is 0 Å². The third kappa shape index (κ3) is 4.34. The molecule has 0 radical (unpaired) electrons. The van der Waals surface area contributed by atoms with E-state index in [2.05, 4.69) is 26.7 Å². The number of nitrogens with zero attached hydrogens (tertiary/aromatic N) is 3. The maximum atomic E-state index is 9.25. The highest BCUT2D eigenvalue weighted by Crippen LogP contribution is 2.24. The molecule has 24 heavy (non-hydrogen) atoms. The number of nitrogens with one attached hydrogen (secondary N) is 2. The Balaban J connectivity index is 1.60. The minimum absolute atomic E-state index is 0.210. The molecular weight excluding hydrogens is 306 g/mol. The highest BCUT2D eigenvalue weighted by Gasteiger charge is 2.23. The van der Waals surface area contributed by atoms with Gasteiger partial charge < -0.3 is 20.1 Å². The lowest BCUT2D eigenvalue weighted by Gasteiger charge is -2.29. The minimum atomic E-state index is 0.210. The topological polar surface area (TPSA) is 92.1 Å². The Morgan fingerprint density at radius 1 is 1.25 bits per heavy atom. The molecule has 1 unspecified atom stereocenters. The highest BCUT2D eigenvalue weighted by molar-refractivity contribution is 5.54. The van der Waals surface area contributed by atoms with Gasteiger partial charge in [-0.3, -0.25) is 0 Å². The van der Waals surface area contributed by atoms with Gasteiger partial charge >= 0.3 is 0 Å². The lowest BCUT2D eigenvalue weighted by atomic mass is 9.93. The molecule has 2 heterocycles. The van der Waals surface area contributed by atoms with Crippen molar-refractivity contribution in [2.24, 2.45) is 0 Å². The second-order valence-corrected chi connectivity index (χ2v) is 6.35. The lowest BCUT2D eigenvalue weighted by Crippen LogP contribution is -2.30. The number of hydrogen-bond donors (Lipinski definition) is 2. The van der Waals surface area contributed by atoms with Crippen LogP contribution in [-0.4, -0.2) is 48.0 Å². The molecule has 3 rings (SSSR count). The number of anilines is 2. The van der Waals surface area contributed by atoms with Crippen molar-refractivity contribution in [1.29, 1.82) is 5.26 Å². The molecule has 1 atom stereocenters. The van der Waals surface area contributed by atoms with E-state index in [1.807, 2.05) is 6.92 Å². The largest absolute Gasteiger partial charge is 0.379 e. The molecule has 0 spiro atoms. The molecule has 7 nitrogen and oxygen atoms in total. The summed E-state index contributed by atoms with van der Waals surface area (Å²) in [6.07, 6.45) is 7.12. The fraction of sp³-hybridized carbons (Fsp3) is 0.706. The molecule has 1 aliphatic heterocycles. The Labute approximate surface area is 142 Å². The van der Waals surface area contributed by atoms with Crippen LogP contribution in [0.3, 0.4) is 0 Å². The predicted octanol–water partition coefficient (Wildman–Crippen LogP) is 2.31. The summed E-state index contributed by atoms with van der Waals surface area (Å²) >= 11 is 0. The monoisotopic (exact) mass is 331 g/mol. The molecule has 2 aliphatic rings. The van der Waals surface area contributed by atoms with Crippen LogP contribution in [0, 0.1) is 11.3 Å². The Morgan fingerprint density at radius 3 is 2.75 bits per heavy atom. The maximum absolute atomic E-state index is 9.25. The van der Waals surface area contributed by atoms with Gasteiger partial charge in [-0.25, -0.2) is 4.98 Å². The molecule has 1 saturated carbocycles. The van der Waals surface area contributed by atoms with Gasteiger partial charge in [0.15, 0.2) is 0 Å². The molecule has 0 amide bonds. The first kappa shape index (κ1) is 16.9. The van der Waals surface area contributed by atoms with Gasteiger partial charge in [-0.05, 0) is 39.0 Å². The van der Waals surface area contributed by atoms with E-state index in [-0.39, 0.29) is 6.04 Å². The molecule has 0 bridgehead atoms. The van der Waals surface area contributed by atoms with Crippen molar-refractivity contribution in [2.75, 3.05) is 30.5 Å². The van der Waals surface area contributed by atoms with Crippen molar-refractivity contribution in [2.45, 2.75) is 57.2 Å². The second-order valence-electron chi connectivity index (χ2n) is 6.35. The smallest absolute Gasteiger partial charge is 0.224 e. The Morgan fingerprint density at radius 2 is 2.08 bits per heavy atom. The molecule has 2 fully saturated rings. The van der Waals surface area contributed by atoms with Crippen molar-refractivity contribution in [3.05, 3.63) is 11.8 Å². The van der Waals surface area contributed by atoms with E-state index in [1.54, 1.807) is 6.20 Å². The summed E-state index contributed by atoms with van der Waals surface area (Å²) in [5, 5.41) is 16.0. The van der Waals surface area contributed by atoms with Crippen LogP contribution in [0.1, 0.15) is 44.6 Å². The van der Waals surface area contributed by atoms with Crippen LogP contribution in [0.5, 0.6) is 0 Å². The average Bonchev–Trinajstić information content (AvgIpc) is 3.10. The van der Waals surface area contributed by atoms with E-state index in [0.717, 1.165) is 45.3 Å². The maximum Gasteiger partial charge on any atom is 0.224 e. The van der Waals surface area contributed by atoms with E-state index in [1.165, 1.54) is 0 Å². The molecule has 130 valence electrons. The summed E-state index contributed by atoms with van der Waals surface area (Å²) in [5.41, 5.74) is 0.465. The SMILES string of the molecule is CCOC1CCC(Nc2ncc(C#N)c(NC3CCOC3)n2)CC1. The van der Waals surface area contributed by atoms with Gasteiger partial charge in [0.05, 0.1) is 24.9 Å². The normalized spacial score (nSPS) is 26.8. The first-order chi connectivity index (χ1) is 11.8. The minimum Gasteiger partial charge on any atom is -0.379 e. The van der Waals surface area contributed by atoms with Crippen LogP contribution in [-0.2, 0) is 9.47 Å². The molecule has 2 N–H and O–H groups in total. The summed E-state index contributed by atoms with van der Waals surface area (Å²) in [5.74, 6) is 1.17. The van der Waals surface area contributed by atoms with Gasteiger partial charge in [-0.1, -0.05) is 0 Å². The van der Waals surface area contributed by atoms with Crippen LogP contribution in [0.15, 0.2) is 6.20 Å². The summed E-state index contributed by atoms with van der Waals surface area (Å²) in [6.45, 7) is 4.22. The van der Waals surface area contributed by atoms with Gasteiger partial charge in [0, 0.05) is 19.3 Å². The molecular formula is C17H25N5O2. The Bertz CT molecular complexity index is 575. The fourth-order valence-electron chi connectivity index (χ4n) is 3.28. The van der Waals surface area contributed by atoms with Crippen molar-refractivity contribution < 1.29 is 9.47 Å². The molecule has 7 heteroatoms. The highest BCUT2D eigenvalue weighted by atomic mass is 16.5. The third-order valence-corrected chi connectivity index (χ3v) is 4.59. The van der Waals surface area contributed by atoms with Gasteiger partial charge in [0.2, 0.25) is 5.95 Å². The fourth-order valence-corrected chi connectivity index (χ4v) is 3.28. The van der Waals surface area contributed by atoms with Gasteiger partial charge in [-0.2, -0.15) is 10.2 Å². The van der Waals surface area contributed by atoms with Crippen LogP contribution < -0.4 is 10.6 Å². The van der Waals surface area contributed by atoms with Crippen molar-refractivity contribution in [3.8, 4) is 6.07 Å². The predicted molar refractivity (Wildman–Crippen MR) is 90.9 cm³/mol. The van der Waals surface area contributed by atoms with Crippen LogP contribution in [0.25, 0.3) is 0 Å². The number of hydrogen-bond acceptors (Lipinski definition) is 7. The Hall–Kier alpha value is -1.91. The van der Waals surface area contributed by atoms with Gasteiger partial charge in [-0.15, -0.1) is 0 Å². The molecule has 0 aromatic carbocycles. The first-order valence-corrected chi connectivity index (χ1v) is 8.78. The van der Waals surface area contributed by atoms with E-state index >= 15 is 0 Å². The van der Waals surface area contributed by atoms with Gasteiger partial charge in [0.25, 0.3) is 0 Å².